The van der Waals surface area contributed by atoms with Crippen molar-refractivity contribution in [1.29, 1.82) is 0 Å². The van der Waals surface area contributed by atoms with Crippen LogP contribution in [0.1, 0.15) is 36.6 Å². The summed E-state index contributed by atoms with van der Waals surface area (Å²) >= 11 is 8.21. The van der Waals surface area contributed by atoms with Gasteiger partial charge in [-0.1, -0.05) is 61.4 Å². The smallest absolute Gasteiger partial charge is 0.337 e. The van der Waals surface area contributed by atoms with E-state index in [-0.39, 0.29) is 17.7 Å². The van der Waals surface area contributed by atoms with Crippen LogP contribution in [-0.2, 0) is 16.1 Å². The maximum Gasteiger partial charge on any atom is 0.337 e. The van der Waals surface area contributed by atoms with Crippen molar-refractivity contribution in [2.24, 2.45) is 4.99 Å². The highest BCUT2D eigenvalue weighted by atomic mass is 79.9. The highest BCUT2D eigenvalue weighted by Gasteiger charge is 2.31. The summed E-state index contributed by atoms with van der Waals surface area (Å²) in [6.07, 6.45) is 3.20. The Morgan fingerprint density at radius 3 is 2.36 bits per heavy atom. The van der Waals surface area contributed by atoms with Gasteiger partial charge in [0.05, 0.1) is 43.6 Å². The minimum atomic E-state index is -0.809. The number of halogens is 2. The number of hydrogen-bond acceptors (Lipinski definition) is 9. The fourth-order valence-electron chi connectivity index (χ4n) is 4.87. The maximum atomic E-state index is 14.2. The van der Waals surface area contributed by atoms with E-state index in [4.69, 9.17) is 23.7 Å². The van der Waals surface area contributed by atoms with Crippen molar-refractivity contribution >= 4 is 55.2 Å². The van der Waals surface area contributed by atoms with Crippen molar-refractivity contribution in [1.82, 2.24) is 4.57 Å². The molecule has 2 heterocycles. The van der Waals surface area contributed by atoms with E-state index in [2.05, 4.69) is 36.9 Å². The number of rotatable bonds is 11. The molecule has 1 aromatic heterocycles. The normalized spacial score (nSPS) is 14.2. The molecular weight excluding hydrogens is 728 g/mol. The van der Waals surface area contributed by atoms with E-state index in [1.807, 2.05) is 50.2 Å². The van der Waals surface area contributed by atoms with Crippen LogP contribution in [0, 0.1) is 0 Å². The summed E-state index contributed by atoms with van der Waals surface area (Å²) in [6.45, 7) is 4.92. The second kappa shape index (κ2) is 14.5. The van der Waals surface area contributed by atoms with Gasteiger partial charge in [0.1, 0.15) is 6.61 Å². The molecular formula is C33H30Br2N2O7S. The zero-order valence-corrected chi connectivity index (χ0v) is 29.0. The first-order valence-corrected chi connectivity index (χ1v) is 16.4. The SMILES string of the molecule is CCOc1ccc([C@H]2C(C(=O)OC)=CN=c3s/c(=C/c4cc(Br)cc(OC)c4OCc4ccc(Br)cc4)c(=O)n32)cc1OCC. The standard InChI is InChI=1S/C33H30Br2N2O7S/c1-5-42-25-12-9-20(14-26(25)43-6-2)29-24(32(39)41-4)17-36-33-37(29)31(38)28(45-33)15-21-13-23(35)16-27(40-3)30(21)44-18-19-7-10-22(34)11-8-19/h7-17,29H,5-6,18H2,1-4H3/b28-15+/t29-/m0/s1. The molecule has 1 aliphatic rings. The van der Waals surface area contributed by atoms with Crippen LogP contribution in [0.25, 0.3) is 6.08 Å². The van der Waals surface area contributed by atoms with Crippen LogP contribution >= 0.6 is 43.2 Å². The number of benzene rings is 3. The van der Waals surface area contributed by atoms with E-state index < -0.39 is 12.0 Å². The predicted molar refractivity (Wildman–Crippen MR) is 179 cm³/mol. The zero-order valence-electron chi connectivity index (χ0n) is 25.0. The topological polar surface area (TPSA) is 97.6 Å². The number of nitrogens with zero attached hydrogens (tertiary/aromatic N) is 2. The molecule has 3 aromatic carbocycles. The second-order valence-corrected chi connectivity index (χ2v) is 12.5. The Kier molecular flexibility index (Phi) is 10.5. The van der Waals surface area contributed by atoms with Crippen molar-refractivity contribution in [2.75, 3.05) is 27.4 Å². The molecule has 0 aliphatic carbocycles. The van der Waals surface area contributed by atoms with Crippen LogP contribution in [-0.4, -0.2) is 38.0 Å². The molecule has 4 aromatic rings. The number of esters is 1. The number of fused-ring (bicyclic) bond motifs is 1. The van der Waals surface area contributed by atoms with Gasteiger partial charge in [-0.25, -0.2) is 9.79 Å². The summed E-state index contributed by atoms with van der Waals surface area (Å²) in [4.78, 5) is 32.0. The van der Waals surface area contributed by atoms with Crippen molar-refractivity contribution < 1.29 is 28.5 Å². The first-order chi connectivity index (χ1) is 21.8. The average molecular weight is 758 g/mol. The zero-order chi connectivity index (χ0) is 32.1. The Hall–Kier alpha value is -3.87. The van der Waals surface area contributed by atoms with Crippen LogP contribution in [0.5, 0.6) is 23.0 Å². The lowest BCUT2D eigenvalue weighted by Gasteiger charge is -2.23. The van der Waals surface area contributed by atoms with Crippen LogP contribution < -0.4 is 33.8 Å². The number of thiazole rings is 1. The molecule has 0 N–H and O–H groups in total. The number of methoxy groups -OCH3 is 2. The van der Waals surface area contributed by atoms with Gasteiger partial charge < -0.3 is 23.7 Å². The third kappa shape index (κ3) is 7.03. The van der Waals surface area contributed by atoms with Crippen LogP contribution in [0.15, 0.2) is 85.1 Å². The quantitative estimate of drug-likeness (QED) is 0.175. The first kappa shape index (κ1) is 32.5. The van der Waals surface area contributed by atoms with Crippen molar-refractivity contribution in [2.45, 2.75) is 26.5 Å². The lowest BCUT2D eigenvalue weighted by Crippen LogP contribution is -2.39. The lowest BCUT2D eigenvalue weighted by molar-refractivity contribution is -0.136. The molecule has 9 nitrogen and oxygen atoms in total. The molecule has 0 unspecified atom stereocenters. The summed E-state index contributed by atoms with van der Waals surface area (Å²) in [5, 5.41) is 0. The third-order valence-corrected chi connectivity index (χ3v) is 8.84. The minimum absolute atomic E-state index is 0.214. The van der Waals surface area contributed by atoms with Gasteiger partial charge in [-0.15, -0.1) is 0 Å². The van der Waals surface area contributed by atoms with Crippen LogP contribution in [0.3, 0.4) is 0 Å². The molecule has 1 aliphatic heterocycles. The van der Waals surface area contributed by atoms with Gasteiger partial charge in [0.2, 0.25) is 0 Å². The Morgan fingerprint density at radius 2 is 1.67 bits per heavy atom. The fraction of sp³-hybridized carbons (Fsp3) is 0.242. The van der Waals surface area contributed by atoms with Gasteiger partial charge in [0.15, 0.2) is 27.8 Å². The summed E-state index contributed by atoms with van der Waals surface area (Å²) in [6, 6.07) is 16.0. The van der Waals surface area contributed by atoms with E-state index in [1.165, 1.54) is 29.2 Å². The number of carbonyl (C=O) groups excluding carboxylic acids is 1. The minimum Gasteiger partial charge on any atom is -0.493 e. The monoisotopic (exact) mass is 756 g/mol. The highest BCUT2D eigenvalue weighted by Crippen LogP contribution is 2.37. The predicted octanol–water partition coefficient (Wildman–Crippen LogP) is 5.93. The molecule has 1 atom stereocenters. The van der Waals surface area contributed by atoms with E-state index in [0.29, 0.717) is 56.7 Å². The molecule has 5 rings (SSSR count). The lowest BCUT2D eigenvalue weighted by atomic mass is 9.97. The molecule has 234 valence electrons. The molecule has 45 heavy (non-hydrogen) atoms. The summed E-state index contributed by atoms with van der Waals surface area (Å²) in [5.41, 5.74) is 2.12. The molecule has 0 fully saturated rings. The van der Waals surface area contributed by atoms with E-state index in [0.717, 1.165) is 14.5 Å². The maximum absolute atomic E-state index is 14.2. The number of ether oxygens (including phenoxy) is 5. The van der Waals surface area contributed by atoms with Crippen molar-refractivity contribution in [3.63, 3.8) is 0 Å². The van der Waals surface area contributed by atoms with Gasteiger partial charge in [-0.05, 0) is 67.4 Å². The molecule has 0 bridgehead atoms. The molecule has 0 saturated carbocycles. The fourth-order valence-corrected chi connectivity index (χ4v) is 6.55. The van der Waals surface area contributed by atoms with Gasteiger partial charge in [-0.3, -0.25) is 9.36 Å². The summed E-state index contributed by atoms with van der Waals surface area (Å²) in [7, 11) is 2.86. The second-order valence-electron chi connectivity index (χ2n) is 9.69. The van der Waals surface area contributed by atoms with Gasteiger partial charge in [0, 0.05) is 20.7 Å². The third-order valence-electron chi connectivity index (χ3n) is 6.86. The molecule has 12 heteroatoms. The Bertz CT molecular complexity index is 1930. The Balaban J connectivity index is 1.64. The average Bonchev–Trinajstić information content (AvgIpc) is 3.35. The Morgan fingerprint density at radius 1 is 0.933 bits per heavy atom. The van der Waals surface area contributed by atoms with Gasteiger partial charge in [-0.2, -0.15) is 0 Å². The molecule has 0 spiro atoms. The van der Waals surface area contributed by atoms with Gasteiger partial charge >= 0.3 is 5.97 Å². The largest absolute Gasteiger partial charge is 0.493 e. The number of carbonyl (C=O) groups is 1. The Labute approximate surface area is 280 Å². The van der Waals surface area contributed by atoms with E-state index in [1.54, 1.807) is 31.4 Å². The summed E-state index contributed by atoms with van der Waals surface area (Å²) in [5.74, 6) is 1.47. The first-order valence-electron chi connectivity index (χ1n) is 14.0. The van der Waals surface area contributed by atoms with Crippen molar-refractivity contribution in [3.8, 4) is 23.0 Å². The van der Waals surface area contributed by atoms with E-state index in [9.17, 15) is 9.59 Å². The van der Waals surface area contributed by atoms with Crippen LogP contribution in [0.4, 0.5) is 0 Å². The molecule has 0 amide bonds. The van der Waals surface area contributed by atoms with Crippen LogP contribution in [0.2, 0.25) is 0 Å². The van der Waals surface area contributed by atoms with Gasteiger partial charge in [0.25, 0.3) is 5.56 Å². The molecule has 0 saturated heterocycles. The highest BCUT2D eigenvalue weighted by molar-refractivity contribution is 9.10. The molecule has 0 radical (unpaired) electrons. The summed E-state index contributed by atoms with van der Waals surface area (Å²) < 4.78 is 32.2. The van der Waals surface area contributed by atoms with E-state index >= 15 is 0 Å². The van der Waals surface area contributed by atoms with Crippen molar-refractivity contribution in [3.05, 3.63) is 112 Å². The number of aromatic nitrogens is 1. The number of hydrogen-bond donors (Lipinski definition) is 0.